The molecule has 3 nitrogen and oxygen atoms in total. The van der Waals surface area contributed by atoms with Gasteiger partial charge in [-0.25, -0.2) is 0 Å². The zero-order chi connectivity index (χ0) is 10.7. The molecule has 1 aromatic heterocycles. The van der Waals surface area contributed by atoms with Crippen molar-refractivity contribution in [1.82, 2.24) is 4.98 Å². The Balaban J connectivity index is 2.10. The lowest BCUT2D eigenvalue weighted by Gasteiger charge is -2.35. The van der Waals surface area contributed by atoms with Gasteiger partial charge in [0.2, 0.25) is 0 Å². The molecule has 0 bridgehead atoms. The molecule has 2 heterocycles. The fraction of sp³-hybridized carbons (Fsp3) is 0.545. The number of nitrogens with zero attached hydrogens (tertiary/aromatic N) is 1. The Morgan fingerprint density at radius 2 is 2.20 bits per heavy atom. The topological polar surface area (TPSA) is 34.2 Å². The molecule has 2 rings (SSSR count). The average molecular weight is 271 g/mol. The highest BCUT2D eigenvalue weighted by Crippen LogP contribution is 2.29. The lowest BCUT2D eigenvalue weighted by atomic mass is 9.92. The predicted octanol–water partition coefficient (Wildman–Crippen LogP) is 2.83. The standard InChI is InChI=1S/C11H15BrN2O/c1-11(3-6-15-7-4-11)14-10-2-5-13-8-9(10)12/h2,5,8H,3-4,6-7H2,1H3,(H,13,14). The van der Waals surface area contributed by atoms with Gasteiger partial charge in [0.25, 0.3) is 0 Å². The summed E-state index contributed by atoms with van der Waals surface area (Å²) >= 11 is 3.49. The van der Waals surface area contributed by atoms with Crippen LogP contribution >= 0.6 is 15.9 Å². The van der Waals surface area contributed by atoms with E-state index >= 15 is 0 Å². The first kappa shape index (κ1) is 10.9. The summed E-state index contributed by atoms with van der Waals surface area (Å²) in [4.78, 5) is 4.05. The van der Waals surface area contributed by atoms with Crippen LogP contribution in [0.15, 0.2) is 22.9 Å². The number of ether oxygens (including phenoxy) is 1. The van der Waals surface area contributed by atoms with Gasteiger partial charge in [0, 0.05) is 31.1 Å². The quantitative estimate of drug-likeness (QED) is 0.898. The van der Waals surface area contributed by atoms with Crippen molar-refractivity contribution in [2.45, 2.75) is 25.3 Å². The Kier molecular flexibility index (Phi) is 3.26. The van der Waals surface area contributed by atoms with E-state index in [1.54, 1.807) is 6.20 Å². The fourth-order valence-corrected chi connectivity index (χ4v) is 2.10. The van der Waals surface area contributed by atoms with Gasteiger partial charge in [-0.2, -0.15) is 0 Å². The van der Waals surface area contributed by atoms with Crippen LogP contribution in [0.25, 0.3) is 0 Å². The van der Waals surface area contributed by atoms with Gasteiger partial charge in [0.15, 0.2) is 0 Å². The van der Waals surface area contributed by atoms with Crippen molar-refractivity contribution >= 4 is 21.6 Å². The van der Waals surface area contributed by atoms with E-state index in [4.69, 9.17) is 4.74 Å². The minimum Gasteiger partial charge on any atom is -0.381 e. The maximum Gasteiger partial charge on any atom is 0.0590 e. The molecule has 0 atom stereocenters. The summed E-state index contributed by atoms with van der Waals surface area (Å²) in [6.45, 7) is 3.92. The number of anilines is 1. The normalized spacial score (nSPS) is 19.9. The van der Waals surface area contributed by atoms with Crippen LogP contribution in [0.3, 0.4) is 0 Å². The smallest absolute Gasteiger partial charge is 0.0590 e. The largest absolute Gasteiger partial charge is 0.381 e. The van der Waals surface area contributed by atoms with Gasteiger partial charge in [-0.05, 0) is 41.8 Å². The molecule has 0 saturated carbocycles. The molecule has 1 aromatic rings. The third kappa shape index (κ3) is 2.69. The predicted molar refractivity (Wildman–Crippen MR) is 64.0 cm³/mol. The van der Waals surface area contributed by atoms with Gasteiger partial charge in [-0.1, -0.05) is 0 Å². The molecular weight excluding hydrogens is 256 g/mol. The lowest BCUT2D eigenvalue weighted by molar-refractivity contribution is 0.0658. The van der Waals surface area contributed by atoms with Crippen molar-refractivity contribution in [3.8, 4) is 0 Å². The molecule has 0 aliphatic carbocycles. The molecule has 0 radical (unpaired) electrons. The first-order chi connectivity index (χ1) is 7.20. The summed E-state index contributed by atoms with van der Waals surface area (Å²) in [5, 5.41) is 3.56. The van der Waals surface area contributed by atoms with Crippen LogP contribution in [0, 0.1) is 0 Å². The lowest BCUT2D eigenvalue weighted by Crippen LogP contribution is -2.40. The Labute approximate surface area is 98.4 Å². The Morgan fingerprint density at radius 3 is 2.87 bits per heavy atom. The second kappa shape index (κ2) is 4.49. The van der Waals surface area contributed by atoms with E-state index in [9.17, 15) is 0 Å². The van der Waals surface area contributed by atoms with Gasteiger partial charge in [0.1, 0.15) is 0 Å². The van der Waals surface area contributed by atoms with E-state index in [1.807, 2.05) is 12.3 Å². The monoisotopic (exact) mass is 270 g/mol. The molecule has 1 saturated heterocycles. The van der Waals surface area contributed by atoms with Crippen molar-refractivity contribution in [2.24, 2.45) is 0 Å². The summed E-state index contributed by atoms with van der Waals surface area (Å²) in [6, 6.07) is 1.99. The van der Waals surface area contributed by atoms with Gasteiger partial charge in [-0.15, -0.1) is 0 Å². The zero-order valence-corrected chi connectivity index (χ0v) is 10.4. The molecule has 0 amide bonds. The first-order valence-electron chi connectivity index (χ1n) is 5.15. The van der Waals surface area contributed by atoms with Crippen molar-refractivity contribution < 1.29 is 4.74 Å². The van der Waals surface area contributed by atoms with E-state index in [0.29, 0.717) is 0 Å². The van der Waals surface area contributed by atoms with Crippen LogP contribution in [-0.4, -0.2) is 23.7 Å². The van der Waals surface area contributed by atoms with E-state index in [2.05, 4.69) is 33.2 Å². The molecule has 0 aromatic carbocycles. The molecule has 15 heavy (non-hydrogen) atoms. The number of halogens is 1. The number of aromatic nitrogens is 1. The number of pyridine rings is 1. The van der Waals surface area contributed by atoms with Crippen LogP contribution in [-0.2, 0) is 4.74 Å². The van der Waals surface area contributed by atoms with Gasteiger partial charge in [-0.3, -0.25) is 4.98 Å². The molecule has 1 N–H and O–H groups in total. The fourth-order valence-electron chi connectivity index (χ4n) is 1.75. The summed E-state index contributed by atoms with van der Waals surface area (Å²) in [6.07, 6.45) is 5.70. The molecule has 1 fully saturated rings. The summed E-state index contributed by atoms with van der Waals surface area (Å²) in [7, 11) is 0. The number of nitrogens with one attached hydrogen (secondary N) is 1. The third-order valence-corrected chi connectivity index (χ3v) is 3.44. The van der Waals surface area contributed by atoms with E-state index in [1.165, 1.54) is 0 Å². The van der Waals surface area contributed by atoms with E-state index < -0.39 is 0 Å². The maximum absolute atomic E-state index is 5.37. The van der Waals surface area contributed by atoms with Crippen molar-refractivity contribution in [3.05, 3.63) is 22.9 Å². The molecule has 0 unspecified atom stereocenters. The minimum absolute atomic E-state index is 0.141. The third-order valence-electron chi connectivity index (χ3n) is 2.81. The number of hydrogen-bond donors (Lipinski definition) is 1. The highest BCUT2D eigenvalue weighted by Gasteiger charge is 2.27. The minimum atomic E-state index is 0.141. The van der Waals surface area contributed by atoms with Crippen LogP contribution in [0.4, 0.5) is 5.69 Å². The van der Waals surface area contributed by atoms with Crippen molar-refractivity contribution in [1.29, 1.82) is 0 Å². The van der Waals surface area contributed by atoms with E-state index in [0.717, 1.165) is 36.2 Å². The SMILES string of the molecule is CC1(Nc2ccncc2Br)CCOCC1. The number of hydrogen-bond acceptors (Lipinski definition) is 3. The second-order valence-corrected chi connectivity index (χ2v) is 5.01. The van der Waals surface area contributed by atoms with Crippen LogP contribution < -0.4 is 5.32 Å². The van der Waals surface area contributed by atoms with Crippen LogP contribution in [0.5, 0.6) is 0 Å². The Hall–Kier alpha value is -0.610. The van der Waals surface area contributed by atoms with Crippen LogP contribution in [0.1, 0.15) is 19.8 Å². The highest BCUT2D eigenvalue weighted by molar-refractivity contribution is 9.10. The molecule has 4 heteroatoms. The Bertz CT molecular complexity index is 337. The average Bonchev–Trinajstić information content (AvgIpc) is 2.22. The van der Waals surface area contributed by atoms with Crippen LogP contribution in [0.2, 0.25) is 0 Å². The molecule has 82 valence electrons. The summed E-state index contributed by atoms with van der Waals surface area (Å²) in [5.74, 6) is 0. The number of rotatable bonds is 2. The zero-order valence-electron chi connectivity index (χ0n) is 8.79. The second-order valence-electron chi connectivity index (χ2n) is 4.15. The molecule has 0 spiro atoms. The molecule has 1 aliphatic rings. The summed E-state index contributed by atoms with van der Waals surface area (Å²) < 4.78 is 6.38. The molecule has 1 aliphatic heterocycles. The Morgan fingerprint density at radius 1 is 1.47 bits per heavy atom. The highest BCUT2D eigenvalue weighted by atomic mass is 79.9. The summed E-state index contributed by atoms with van der Waals surface area (Å²) in [5.41, 5.74) is 1.25. The molecular formula is C11H15BrN2O. The van der Waals surface area contributed by atoms with Crippen molar-refractivity contribution in [3.63, 3.8) is 0 Å². The first-order valence-corrected chi connectivity index (χ1v) is 5.94. The maximum atomic E-state index is 5.37. The van der Waals surface area contributed by atoms with E-state index in [-0.39, 0.29) is 5.54 Å². The van der Waals surface area contributed by atoms with Gasteiger partial charge >= 0.3 is 0 Å². The van der Waals surface area contributed by atoms with Gasteiger partial charge < -0.3 is 10.1 Å². The van der Waals surface area contributed by atoms with Gasteiger partial charge in [0.05, 0.1) is 10.2 Å². The van der Waals surface area contributed by atoms with Crippen molar-refractivity contribution in [2.75, 3.05) is 18.5 Å².